The molecule has 0 fully saturated rings. The van der Waals surface area contributed by atoms with E-state index in [1.165, 1.54) is 0 Å². The molecule has 0 amide bonds. The van der Waals surface area contributed by atoms with E-state index in [1.807, 2.05) is 12.3 Å². The molecule has 5 nitrogen and oxygen atoms in total. The second kappa shape index (κ2) is 5.87. The molecule has 2 aliphatic rings. The normalized spacial score (nSPS) is 16.0. The van der Waals surface area contributed by atoms with E-state index in [0.717, 1.165) is 40.4 Å². The molecule has 0 unspecified atom stereocenters. The van der Waals surface area contributed by atoms with Crippen LogP contribution in [0.5, 0.6) is 5.75 Å². The number of nitrogens with zero attached hydrogens (tertiary/aromatic N) is 3. The van der Waals surface area contributed by atoms with Crippen molar-refractivity contribution in [3.63, 3.8) is 0 Å². The van der Waals surface area contributed by atoms with E-state index < -0.39 is 0 Å². The predicted molar refractivity (Wildman–Crippen MR) is 89.2 cm³/mol. The average Bonchev–Trinajstić information content (AvgIpc) is 2.63. The van der Waals surface area contributed by atoms with E-state index in [0.29, 0.717) is 11.7 Å². The first-order chi connectivity index (χ1) is 10.1. The number of anilines is 1. The Morgan fingerprint density at radius 2 is 2.33 bits per heavy atom. The van der Waals surface area contributed by atoms with E-state index in [9.17, 15) is 0 Å². The number of ether oxygens (including phenoxy) is 1. The molecule has 1 aromatic carbocycles. The van der Waals surface area contributed by atoms with Crippen LogP contribution in [0.4, 0.5) is 5.69 Å². The monoisotopic (exact) mass is 370 g/mol. The summed E-state index contributed by atoms with van der Waals surface area (Å²) in [5, 5.41) is 3.88. The molecule has 21 heavy (non-hydrogen) atoms. The number of nitrogens with one attached hydrogen (secondary N) is 1. The van der Waals surface area contributed by atoms with E-state index in [2.05, 4.69) is 50.1 Å². The molecule has 0 radical (unpaired) electrons. The number of hydrogen-bond donors (Lipinski definition) is 1. The Morgan fingerprint density at radius 3 is 3.10 bits per heavy atom. The van der Waals surface area contributed by atoms with Gasteiger partial charge < -0.3 is 19.9 Å². The van der Waals surface area contributed by atoms with Gasteiger partial charge in [-0.1, -0.05) is 11.6 Å². The molecule has 0 aromatic heterocycles. The Balaban J connectivity index is 2.05. The Bertz CT molecular complexity index is 630. The van der Waals surface area contributed by atoms with Crippen LogP contribution < -0.4 is 10.1 Å². The van der Waals surface area contributed by atoms with Gasteiger partial charge in [0.05, 0.1) is 16.3 Å². The van der Waals surface area contributed by atoms with Crippen molar-refractivity contribution in [2.24, 2.45) is 4.99 Å². The fourth-order valence-corrected chi connectivity index (χ4v) is 2.95. The number of benzene rings is 1. The lowest BCUT2D eigenvalue weighted by molar-refractivity contribution is 0.367. The third-order valence-electron chi connectivity index (χ3n) is 3.39. The summed E-state index contributed by atoms with van der Waals surface area (Å²) in [5.41, 5.74) is 1.78. The van der Waals surface area contributed by atoms with Gasteiger partial charge in [-0.15, -0.1) is 0 Å². The summed E-state index contributed by atoms with van der Waals surface area (Å²) in [7, 11) is 4.10. The summed E-state index contributed by atoms with van der Waals surface area (Å²) in [6, 6.07) is 1.88. The molecule has 1 N–H and O–H groups in total. The maximum atomic E-state index is 6.39. The van der Waals surface area contributed by atoms with Gasteiger partial charge in [0.2, 0.25) is 0 Å². The third kappa shape index (κ3) is 2.75. The maximum Gasteiger partial charge on any atom is 0.142 e. The summed E-state index contributed by atoms with van der Waals surface area (Å²) >= 11 is 9.86. The van der Waals surface area contributed by atoms with Crippen LogP contribution in [0.15, 0.2) is 28.0 Å². The molecule has 3 rings (SSSR count). The van der Waals surface area contributed by atoms with Crippen molar-refractivity contribution in [3.8, 4) is 5.75 Å². The first-order valence-corrected chi connectivity index (χ1v) is 7.80. The Labute approximate surface area is 137 Å². The van der Waals surface area contributed by atoms with Crippen LogP contribution in [-0.4, -0.2) is 49.5 Å². The lowest BCUT2D eigenvalue weighted by atomic mass is 10.1. The largest absolute Gasteiger partial charge is 0.463 e. The molecule has 0 atom stereocenters. The molecule has 1 aromatic rings. The van der Waals surface area contributed by atoms with Crippen molar-refractivity contribution in [2.75, 3.05) is 39.2 Å². The van der Waals surface area contributed by atoms with E-state index >= 15 is 0 Å². The minimum Gasteiger partial charge on any atom is -0.463 e. The highest BCUT2D eigenvalue weighted by Crippen LogP contribution is 2.42. The Kier molecular flexibility index (Phi) is 4.10. The van der Waals surface area contributed by atoms with Gasteiger partial charge in [-0.3, -0.25) is 0 Å². The molecular formula is C14H16BrClN4O. The first kappa shape index (κ1) is 14.7. The Hall–Kier alpha value is -1.24. The van der Waals surface area contributed by atoms with Crippen LogP contribution in [-0.2, 0) is 0 Å². The van der Waals surface area contributed by atoms with E-state index in [1.54, 1.807) is 6.26 Å². The average molecular weight is 372 g/mol. The highest BCUT2D eigenvalue weighted by atomic mass is 79.9. The highest BCUT2D eigenvalue weighted by molar-refractivity contribution is 9.10. The van der Waals surface area contributed by atoms with Gasteiger partial charge in [0.25, 0.3) is 0 Å². The van der Waals surface area contributed by atoms with Crippen molar-refractivity contribution >= 4 is 39.1 Å². The Morgan fingerprint density at radius 1 is 1.52 bits per heavy atom. The fraction of sp³-hybridized carbons (Fsp3) is 0.357. The molecule has 0 saturated carbocycles. The van der Waals surface area contributed by atoms with Crippen LogP contribution in [0.3, 0.4) is 0 Å². The van der Waals surface area contributed by atoms with Crippen molar-refractivity contribution in [1.29, 1.82) is 0 Å². The molecular weight excluding hydrogens is 356 g/mol. The zero-order chi connectivity index (χ0) is 15.0. The molecule has 0 aliphatic carbocycles. The second-order valence-corrected chi connectivity index (χ2v) is 6.37. The van der Waals surface area contributed by atoms with Gasteiger partial charge in [0.1, 0.15) is 24.5 Å². The summed E-state index contributed by atoms with van der Waals surface area (Å²) in [4.78, 5) is 8.83. The van der Waals surface area contributed by atoms with Crippen molar-refractivity contribution in [3.05, 3.63) is 33.6 Å². The third-order valence-corrected chi connectivity index (χ3v) is 4.63. The minimum atomic E-state index is 0.504. The molecule has 0 bridgehead atoms. The van der Waals surface area contributed by atoms with Crippen LogP contribution in [0.1, 0.15) is 5.56 Å². The van der Waals surface area contributed by atoms with Gasteiger partial charge in [0, 0.05) is 23.8 Å². The van der Waals surface area contributed by atoms with Crippen LogP contribution in [0, 0.1) is 0 Å². The van der Waals surface area contributed by atoms with Crippen LogP contribution in [0.2, 0.25) is 5.02 Å². The zero-order valence-electron chi connectivity index (χ0n) is 11.9. The fourth-order valence-electron chi connectivity index (χ4n) is 2.33. The van der Waals surface area contributed by atoms with Gasteiger partial charge in [-0.25, -0.2) is 4.99 Å². The SMILES string of the molecule is CN(C)CCN1C=COc2cc(Br)c(Cl)c3c2C1=NCN3. The van der Waals surface area contributed by atoms with Crippen molar-refractivity contribution in [1.82, 2.24) is 9.80 Å². The maximum absolute atomic E-state index is 6.39. The smallest absolute Gasteiger partial charge is 0.142 e. The number of likely N-dealkylation sites (N-methyl/N-ethyl adjacent to an activating group) is 1. The first-order valence-electron chi connectivity index (χ1n) is 6.63. The number of halogens is 2. The lowest BCUT2D eigenvalue weighted by Crippen LogP contribution is -2.35. The molecule has 2 heterocycles. The quantitative estimate of drug-likeness (QED) is 0.887. The van der Waals surface area contributed by atoms with Crippen LogP contribution in [0.25, 0.3) is 0 Å². The predicted octanol–water partition coefficient (Wildman–Crippen LogP) is 2.96. The number of hydrogen-bond acceptors (Lipinski definition) is 5. The van der Waals surface area contributed by atoms with Gasteiger partial charge in [-0.05, 0) is 36.1 Å². The summed E-state index contributed by atoms with van der Waals surface area (Å²) < 4.78 is 6.53. The number of amidine groups is 1. The van der Waals surface area contributed by atoms with Crippen molar-refractivity contribution < 1.29 is 4.74 Å². The van der Waals surface area contributed by atoms with E-state index in [4.69, 9.17) is 16.3 Å². The van der Waals surface area contributed by atoms with Crippen LogP contribution >= 0.6 is 27.5 Å². The summed E-state index contributed by atoms with van der Waals surface area (Å²) in [6.45, 7) is 2.26. The van der Waals surface area contributed by atoms with Gasteiger partial charge >= 0.3 is 0 Å². The minimum absolute atomic E-state index is 0.504. The molecule has 0 spiro atoms. The van der Waals surface area contributed by atoms with Crippen molar-refractivity contribution in [2.45, 2.75) is 0 Å². The molecule has 7 heteroatoms. The zero-order valence-corrected chi connectivity index (χ0v) is 14.2. The number of aliphatic imine (C=N–C) groups is 1. The topological polar surface area (TPSA) is 40.1 Å². The molecule has 0 saturated heterocycles. The molecule has 2 aliphatic heterocycles. The lowest BCUT2D eigenvalue weighted by Gasteiger charge is -2.28. The standard InChI is InChI=1S/C14H16BrClN4O/c1-19(2)3-4-20-5-6-21-10-7-9(15)12(16)13-11(10)14(20)18-8-17-13/h5-7,17H,3-4,8H2,1-2H3. The summed E-state index contributed by atoms with van der Waals surface area (Å²) in [6.07, 6.45) is 3.60. The second-order valence-electron chi connectivity index (χ2n) is 5.14. The molecule has 112 valence electrons. The van der Waals surface area contributed by atoms with Gasteiger partial charge in [-0.2, -0.15) is 0 Å². The number of rotatable bonds is 3. The highest BCUT2D eigenvalue weighted by Gasteiger charge is 2.28. The van der Waals surface area contributed by atoms with Gasteiger partial charge in [0.15, 0.2) is 0 Å². The summed E-state index contributed by atoms with van der Waals surface area (Å²) in [5.74, 6) is 1.64. The van der Waals surface area contributed by atoms with E-state index in [-0.39, 0.29) is 0 Å².